The fourth-order valence-corrected chi connectivity index (χ4v) is 2.69. The average molecular weight is 323 g/mol. The quantitative estimate of drug-likeness (QED) is 0.651. The van der Waals surface area contributed by atoms with Gasteiger partial charge >= 0.3 is 0 Å². The molecule has 4 N–H and O–H groups in total. The number of nitrogens with two attached hydrogens (primary N) is 1. The van der Waals surface area contributed by atoms with Crippen molar-refractivity contribution in [1.29, 1.82) is 0 Å². The van der Waals surface area contributed by atoms with Crippen LogP contribution in [0.4, 0.5) is 0 Å². The zero-order valence-corrected chi connectivity index (χ0v) is 13.6. The first-order valence-corrected chi connectivity index (χ1v) is 7.88. The summed E-state index contributed by atoms with van der Waals surface area (Å²) < 4.78 is 5.12. The van der Waals surface area contributed by atoms with Gasteiger partial charge in [-0.05, 0) is 35.7 Å². The van der Waals surface area contributed by atoms with Crippen molar-refractivity contribution in [2.75, 3.05) is 7.11 Å². The van der Waals surface area contributed by atoms with E-state index in [1.165, 1.54) is 0 Å². The second kappa shape index (κ2) is 7.19. The summed E-state index contributed by atoms with van der Waals surface area (Å²) >= 11 is 0. The summed E-state index contributed by atoms with van der Waals surface area (Å²) in [6.07, 6.45) is 2.42. The van der Waals surface area contributed by atoms with Crippen LogP contribution in [0.15, 0.2) is 54.7 Å². The van der Waals surface area contributed by atoms with E-state index in [9.17, 15) is 4.79 Å². The summed E-state index contributed by atoms with van der Waals surface area (Å²) in [7, 11) is 1.63. The third-order valence-corrected chi connectivity index (χ3v) is 4.08. The van der Waals surface area contributed by atoms with Crippen LogP contribution >= 0.6 is 0 Å². The van der Waals surface area contributed by atoms with E-state index < -0.39 is 6.04 Å². The van der Waals surface area contributed by atoms with E-state index in [4.69, 9.17) is 10.5 Å². The largest absolute Gasteiger partial charge is 0.497 e. The number of carbonyl (C=O) groups is 1. The number of carbonyl (C=O) groups excluding carboxylic acids is 1. The molecule has 3 rings (SSSR count). The number of para-hydroxylation sites is 1. The minimum Gasteiger partial charge on any atom is -0.497 e. The zero-order chi connectivity index (χ0) is 16.9. The third-order valence-electron chi connectivity index (χ3n) is 4.08. The second-order valence-corrected chi connectivity index (χ2v) is 5.74. The minimum absolute atomic E-state index is 0.156. The van der Waals surface area contributed by atoms with Gasteiger partial charge in [-0.1, -0.05) is 30.3 Å². The molecule has 0 spiro atoms. The number of H-pyrrole nitrogens is 1. The number of hydrogen-bond acceptors (Lipinski definition) is 3. The van der Waals surface area contributed by atoms with E-state index in [1.807, 2.05) is 54.7 Å². The summed E-state index contributed by atoms with van der Waals surface area (Å²) in [5.41, 5.74) is 9.17. The maximum atomic E-state index is 12.2. The molecule has 0 bridgehead atoms. The Kier molecular flexibility index (Phi) is 4.82. The highest BCUT2D eigenvalue weighted by molar-refractivity contribution is 5.86. The van der Waals surface area contributed by atoms with Crippen LogP contribution in [0.3, 0.4) is 0 Å². The van der Waals surface area contributed by atoms with Crippen molar-refractivity contribution in [3.63, 3.8) is 0 Å². The maximum Gasteiger partial charge on any atom is 0.237 e. The van der Waals surface area contributed by atoms with Crippen molar-refractivity contribution >= 4 is 16.8 Å². The lowest BCUT2D eigenvalue weighted by molar-refractivity contribution is -0.122. The topological polar surface area (TPSA) is 80.1 Å². The number of aromatic amines is 1. The molecule has 1 atom stereocenters. The first-order chi connectivity index (χ1) is 11.7. The highest BCUT2D eigenvalue weighted by atomic mass is 16.5. The number of methoxy groups -OCH3 is 1. The van der Waals surface area contributed by atoms with Gasteiger partial charge in [-0.2, -0.15) is 0 Å². The Morgan fingerprint density at radius 1 is 1.21 bits per heavy atom. The van der Waals surface area contributed by atoms with Crippen molar-refractivity contribution in [2.45, 2.75) is 19.0 Å². The number of benzene rings is 2. The van der Waals surface area contributed by atoms with Crippen LogP contribution < -0.4 is 15.8 Å². The van der Waals surface area contributed by atoms with Crippen molar-refractivity contribution < 1.29 is 9.53 Å². The van der Waals surface area contributed by atoms with E-state index in [0.717, 1.165) is 27.8 Å². The monoisotopic (exact) mass is 323 g/mol. The molecule has 5 heteroatoms. The molecular weight excluding hydrogens is 302 g/mol. The van der Waals surface area contributed by atoms with Crippen LogP contribution in [0.2, 0.25) is 0 Å². The van der Waals surface area contributed by atoms with Crippen LogP contribution in [-0.2, 0) is 17.8 Å². The fourth-order valence-electron chi connectivity index (χ4n) is 2.69. The number of nitrogens with one attached hydrogen (secondary N) is 2. The molecule has 2 aromatic carbocycles. The van der Waals surface area contributed by atoms with Gasteiger partial charge in [-0.15, -0.1) is 0 Å². The SMILES string of the molecule is COc1ccc(CNC(=O)[C@@H](N)Cc2c[nH]c3ccccc23)cc1. The van der Waals surface area contributed by atoms with Gasteiger partial charge in [-0.3, -0.25) is 4.79 Å². The number of rotatable bonds is 6. The molecule has 5 nitrogen and oxygen atoms in total. The van der Waals surface area contributed by atoms with Gasteiger partial charge in [0.25, 0.3) is 0 Å². The van der Waals surface area contributed by atoms with Crippen molar-refractivity contribution in [2.24, 2.45) is 5.73 Å². The van der Waals surface area contributed by atoms with Gasteiger partial charge in [0.15, 0.2) is 0 Å². The van der Waals surface area contributed by atoms with E-state index in [0.29, 0.717) is 13.0 Å². The summed E-state index contributed by atoms with van der Waals surface area (Å²) in [6.45, 7) is 0.449. The standard InChI is InChI=1S/C19H21N3O2/c1-24-15-8-6-13(7-9-15)11-22-19(23)17(20)10-14-12-21-18-5-3-2-4-16(14)18/h2-9,12,17,21H,10-11,20H2,1H3,(H,22,23)/t17-/m0/s1. The highest BCUT2D eigenvalue weighted by Crippen LogP contribution is 2.18. The van der Waals surface area contributed by atoms with Gasteiger partial charge in [0.05, 0.1) is 13.2 Å². The molecule has 3 aromatic rings. The molecule has 0 aliphatic carbocycles. The molecule has 0 radical (unpaired) electrons. The highest BCUT2D eigenvalue weighted by Gasteiger charge is 2.15. The maximum absolute atomic E-state index is 12.2. The Morgan fingerprint density at radius 2 is 1.96 bits per heavy atom. The molecule has 1 aromatic heterocycles. The van der Waals surface area contributed by atoms with Gasteiger partial charge in [-0.25, -0.2) is 0 Å². The molecule has 24 heavy (non-hydrogen) atoms. The molecule has 0 aliphatic rings. The Morgan fingerprint density at radius 3 is 2.71 bits per heavy atom. The molecule has 1 amide bonds. The summed E-state index contributed by atoms with van der Waals surface area (Å²) in [4.78, 5) is 15.4. The van der Waals surface area contributed by atoms with Crippen molar-refractivity contribution in [3.05, 3.63) is 65.9 Å². The molecule has 0 unspecified atom stereocenters. The first kappa shape index (κ1) is 16.1. The van der Waals surface area contributed by atoms with Gasteiger partial charge in [0, 0.05) is 23.6 Å². The van der Waals surface area contributed by atoms with E-state index in [1.54, 1.807) is 7.11 Å². The van der Waals surface area contributed by atoms with Crippen LogP contribution in [0.25, 0.3) is 10.9 Å². The van der Waals surface area contributed by atoms with Crippen LogP contribution in [-0.4, -0.2) is 24.0 Å². The molecular formula is C19H21N3O2. The molecule has 0 aliphatic heterocycles. The Hall–Kier alpha value is -2.79. The van der Waals surface area contributed by atoms with Crippen LogP contribution in [0.1, 0.15) is 11.1 Å². The van der Waals surface area contributed by atoms with E-state index in [-0.39, 0.29) is 5.91 Å². The lowest BCUT2D eigenvalue weighted by Crippen LogP contribution is -2.41. The second-order valence-electron chi connectivity index (χ2n) is 5.74. The predicted octanol–water partition coefficient (Wildman–Crippen LogP) is 2.36. The predicted molar refractivity (Wildman–Crippen MR) is 94.8 cm³/mol. The zero-order valence-electron chi connectivity index (χ0n) is 13.6. The molecule has 124 valence electrons. The molecule has 0 saturated carbocycles. The van der Waals surface area contributed by atoms with Crippen LogP contribution in [0, 0.1) is 0 Å². The Bertz CT molecular complexity index is 824. The summed E-state index contributed by atoms with van der Waals surface area (Å²) in [5.74, 6) is 0.636. The smallest absolute Gasteiger partial charge is 0.237 e. The third kappa shape index (κ3) is 3.58. The first-order valence-electron chi connectivity index (χ1n) is 7.88. The number of hydrogen-bond donors (Lipinski definition) is 3. The van der Waals surface area contributed by atoms with E-state index in [2.05, 4.69) is 10.3 Å². The fraction of sp³-hybridized carbons (Fsp3) is 0.211. The lowest BCUT2D eigenvalue weighted by Gasteiger charge is -2.12. The normalized spacial score (nSPS) is 12.1. The summed E-state index contributed by atoms with van der Waals surface area (Å²) in [5, 5.41) is 3.99. The lowest BCUT2D eigenvalue weighted by atomic mass is 10.0. The van der Waals surface area contributed by atoms with Gasteiger partial charge < -0.3 is 20.8 Å². The molecule has 0 fully saturated rings. The minimum atomic E-state index is -0.581. The number of amides is 1. The molecule has 1 heterocycles. The van der Waals surface area contributed by atoms with Crippen molar-refractivity contribution in [1.82, 2.24) is 10.3 Å². The average Bonchev–Trinajstić information content (AvgIpc) is 3.03. The Labute approximate surface area is 140 Å². The number of fused-ring (bicyclic) bond motifs is 1. The molecule has 0 saturated heterocycles. The number of ether oxygens (including phenoxy) is 1. The van der Waals surface area contributed by atoms with Gasteiger partial charge in [0.1, 0.15) is 5.75 Å². The number of aromatic nitrogens is 1. The summed E-state index contributed by atoms with van der Waals surface area (Å²) in [6, 6.07) is 15.0. The van der Waals surface area contributed by atoms with Gasteiger partial charge in [0.2, 0.25) is 5.91 Å². The van der Waals surface area contributed by atoms with Crippen LogP contribution in [0.5, 0.6) is 5.75 Å². The Balaban J connectivity index is 1.58. The van der Waals surface area contributed by atoms with Crippen molar-refractivity contribution in [3.8, 4) is 5.75 Å². The van der Waals surface area contributed by atoms with E-state index >= 15 is 0 Å².